The van der Waals surface area contributed by atoms with Gasteiger partial charge in [0, 0.05) is 11.4 Å². The first-order chi connectivity index (χ1) is 8.72. The zero-order chi connectivity index (χ0) is 13.0. The minimum Gasteiger partial charge on any atom is -0.366 e. The number of nitrogens with two attached hydrogens (primary N) is 1. The summed E-state index contributed by atoms with van der Waals surface area (Å²) in [4.78, 5) is 8.61. The van der Waals surface area contributed by atoms with Gasteiger partial charge in [-0.05, 0) is 31.0 Å². The maximum absolute atomic E-state index is 5.66. The Labute approximate surface area is 108 Å². The van der Waals surface area contributed by atoms with E-state index < -0.39 is 0 Å². The molecule has 18 heavy (non-hydrogen) atoms. The molecule has 2 aromatic rings. The van der Waals surface area contributed by atoms with Crippen LogP contribution in [0.3, 0.4) is 0 Å². The molecule has 0 saturated carbocycles. The Morgan fingerprint density at radius 2 is 2.00 bits per heavy atom. The maximum atomic E-state index is 5.66. The van der Waals surface area contributed by atoms with Crippen molar-refractivity contribution in [2.45, 2.75) is 26.3 Å². The Bertz CT molecular complexity index is 505. The average Bonchev–Trinajstić information content (AvgIpc) is 2.38. The quantitative estimate of drug-likeness (QED) is 0.847. The minimum absolute atomic E-state index is 0.341. The summed E-state index contributed by atoms with van der Waals surface area (Å²) in [5, 5.41) is 4.55. The summed E-state index contributed by atoms with van der Waals surface area (Å²) in [6.07, 6.45) is 2.54. The number of benzene rings is 1. The van der Waals surface area contributed by atoms with Gasteiger partial charge in [0.2, 0.25) is 0 Å². The van der Waals surface area contributed by atoms with Gasteiger partial charge < -0.3 is 11.1 Å². The number of para-hydroxylation sites is 1. The highest BCUT2D eigenvalue weighted by molar-refractivity contribution is 5.88. The van der Waals surface area contributed by atoms with Crippen molar-refractivity contribution in [3.05, 3.63) is 30.6 Å². The molecule has 1 aromatic carbocycles. The van der Waals surface area contributed by atoms with Crippen molar-refractivity contribution in [1.29, 1.82) is 0 Å². The normalized spacial score (nSPS) is 12.9. The Balaban J connectivity index is 2.30. The van der Waals surface area contributed by atoms with Crippen molar-refractivity contribution in [1.82, 2.24) is 9.97 Å². The molecular weight excluding hydrogens is 224 g/mol. The van der Waals surface area contributed by atoms with Gasteiger partial charge in [-0.1, -0.05) is 26.0 Å². The maximum Gasteiger partial charge on any atom is 0.137 e. The fourth-order valence-electron chi connectivity index (χ4n) is 2.05. The van der Waals surface area contributed by atoms with Crippen LogP contribution in [-0.4, -0.2) is 22.6 Å². The first-order valence-electron chi connectivity index (χ1n) is 6.38. The third kappa shape index (κ3) is 2.76. The lowest BCUT2D eigenvalue weighted by atomic mass is 10.0. The lowest BCUT2D eigenvalue weighted by Crippen LogP contribution is -2.29. The van der Waals surface area contributed by atoms with Gasteiger partial charge in [-0.25, -0.2) is 9.97 Å². The summed E-state index contributed by atoms with van der Waals surface area (Å²) < 4.78 is 0. The molecule has 2 rings (SSSR count). The van der Waals surface area contributed by atoms with E-state index >= 15 is 0 Å². The fourth-order valence-corrected chi connectivity index (χ4v) is 2.05. The molecule has 4 nitrogen and oxygen atoms in total. The van der Waals surface area contributed by atoms with Crippen LogP contribution in [0.5, 0.6) is 0 Å². The number of hydrogen-bond donors (Lipinski definition) is 2. The lowest BCUT2D eigenvalue weighted by Gasteiger charge is -2.22. The predicted octanol–water partition coefficient (Wildman–Crippen LogP) is 2.42. The third-order valence-electron chi connectivity index (χ3n) is 3.15. The second kappa shape index (κ2) is 5.78. The fraction of sp³-hybridized carbons (Fsp3) is 0.429. The van der Waals surface area contributed by atoms with Crippen LogP contribution in [0.4, 0.5) is 5.82 Å². The molecule has 0 aliphatic rings. The van der Waals surface area contributed by atoms with Crippen molar-refractivity contribution >= 4 is 16.7 Å². The molecule has 1 aromatic heterocycles. The summed E-state index contributed by atoms with van der Waals surface area (Å²) in [6.45, 7) is 5.06. The summed E-state index contributed by atoms with van der Waals surface area (Å²) in [5.41, 5.74) is 6.62. The number of anilines is 1. The summed E-state index contributed by atoms with van der Waals surface area (Å²) in [5.74, 6) is 1.41. The van der Waals surface area contributed by atoms with E-state index in [1.807, 2.05) is 24.3 Å². The van der Waals surface area contributed by atoms with E-state index in [1.165, 1.54) is 0 Å². The van der Waals surface area contributed by atoms with Gasteiger partial charge in [-0.15, -0.1) is 0 Å². The highest BCUT2D eigenvalue weighted by atomic mass is 15.0. The molecule has 3 N–H and O–H groups in total. The molecule has 1 heterocycles. The summed E-state index contributed by atoms with van der Waals surface area (Å²) in [6, 6.07) is 8.36. The largest absolute Gasteiger partial charge is 0.366 e. The van der Waals surface area contributed by atoms with E-state index in [2.05, 4.69) is 29.1 Å². The molecule has 0 radical (unpaired) electrons. The van der Waals surface area contributed by atoms with Crippen molar-refractivity contribution in [3.63, 3.8) is 0 Å². The van der Waals surface area contributed by atoms with E-state index in [0.717, 1.165) is 23.1 Å². The number of fused-ring (bicyclic) bond motifs is 1. The summed E-state index contributed by atoms with van der Waals surface area (Å²) >= 11 is 0. The minimum atomic E-state index is 0.341. The number of nitrogens with one attached hydrogen (secondary N) is 1. The van der Waals surface area contributed by atoms with Crippen LogP contribution in [-0.2, 0) is 0 Å². The van der Waals surface area contributed by atoms with Crippen molar-refractivity contribution in [3.8, 4) is 0 Å². The van der Waals surface area contributed by atoms with Crippen LogP contribution in [0, 0.1) is 5.92 Å². The molecule has 4 heteroatoms. The molecule has 1 unspecified atom stereocenters. The summed E-state index contributed by atoms with van der Waals surface area (Å²) in [7, 11) is 0. The zero-order valence-corrected chi connectivity index (χ0v) is 10.9. The third-order valence-corrected chi connectivity index (χ3v) is 3.15. The Kier molecular flexibility index (Phi) is 4.10. The molecule has 0 aliphatic carbocycles. The Hall–Kier alpha value is -1.68. The number of aromatic nitrogens is 2. The molecule has 0 saturated heterocycles. The molecule has 0 fully saturated rings. The molecule has 0 aliphatic heterocycles. The average molecular weight is 244 g/mol. The van der Waals surface area contributed by atoms with Crippen LogP contribution in [0.1, 0.15) is 20.3 Å². The van der Waals surface area contributed by atoms with Gasteiger partial charge in [-0.3, -0.25) is 0 Å². The van der Waals surface area contributed by atoms with Crippen LogP contribution in [0.25, 0.3) is 10.9 Å². The zero-order valence-electron chi connectivity index (χ0n) is 10.9. The lowest BCUT2D eigenvalue weighted by molar-refractivity contribution is 0.498. The monoisotopic (exact) mass is 244 g/mol. The molecule has 0 spiro atoms. The van der Waals surface area contributed by atoms with Crippen LogP contribution >= 0.6 is 0 Å². The second-order valence-corrected chi connectivity index (χ2v) is 4.81. The smallest absolute Gasteiger partial charge is 0.137 e. The number of rotatable bonds is 5. The van der Waals surface area contributed by atoms with Gasteiger partial charge in [0.1, 0.15) is 12.1 Å². The van der Waals surface area contributed by atoms with Gasteiger partial charge in [-0.2, -0.15) is 0 Å². The topological polar surface area (TPSA) is 63.8 Å². The molecule has 0 amide bonds. The highest BCUT2D eigenvalue weighted by Gasteiger charge is 2.14. The van der Waals surface area contributed by atoms with E-state index in [1.54, 1.807) is 6.33 Å². The van der Waals surface area contributed by atoms with Crippen LogP contribution in [0.2, 0.25) is 0 Å². The molecule has 96 valence electrons. The van der Waals surface area contributed by atoms with Gasteiger partial charge in [0.15, 0.2) is 0 Å². The standard InChI is InChI=1S/C14H20N4/c1-10(2)12(7-8-15)18-14-11-5-3-4-6-13(11)16-9-17-14/h3-6,9-10,12H,7-8,15H2,1-2H3,(H,16,17,18). The van der Waals surface area contributed by atoms with E-state index in [9.17, 15) is 0 Å². The van der Waals surface area contributed by atoms with Crippen molar-refractivity contribution in [2.75, 3.05) is 11.9 Å². The highest BCUT2D eigenvalue weighted by Crippen LogP contribution is 2.21. The SMILES string of the molecule is CC(C)C(CCN)Nc1ncnc2ccccc12. The first-order valence-corrected chi connectivity index (χ1v) is 6.38. The molecule has 0 bridgehead atoms. The van der Waals surface area contributed by atoms with Gasteiger partial charge in [0.05, 0.1) is 5.52 Å². The van der Waals surface area contributed by atoms with Crippen molar-refractivity contribution in [2.24, 2.45) is 11.7 Å². The number of nitrogens with zero attached hydrogens (tertiary/aromatic N) is 2. The number of hydrogen-bond acceptors (Lipinski definition) is 4. The van der Waals surface area contributed by atoms with Gasteiger partial charge >= 0.3 is 0 Å². The Morgan fingerprint density at radius 1 is 1.22 bits per heavy atom. The van der Waals surface area contributed by atoms with E-state index in [0.29, 0.717) is 18.5 Å². The van der Waals surface area contributed by atoms with Gasteiger partial charge in [0.25, 0.3) is 0 Å². The second-order valence-electron chi connectivity index (χ2n) is 4.81. The van der Waals surface area contributed by atoms with Crippen LogP contribution < -0.4 is 11.1 Å². The molecule has 1 atom stereocenters. The first kappa shape index (κ1) is 12.8. The Morgan fingerprint density at radius 3 is 2.72 bits per heavy atom. The van der Waals surface area contributed by atoms with E-state index in [4.69, 9.17) is 5.73 Å². The van der Waals surface area contributed by atoms with Crippen LogP contribution in [0.15, 0.2) is 30.6 Å². The van der Waals surface area contributed by atoms with E-state index in [-0.39, 0.29) is 0 Å². The molecular formula is C14H20N4. The van der Waals surface area contributed by atoms with Crippen molar-refractivity contribution < 1.29 is 0 Å². The predicted molar refractivity (Wildman–Crippen MR) is 75.5 cm³/mol.